The molecule has 0 spiro atoms. The van der Waals surface area contributed by atoms with Crippen molar-refractivity contribution in [1.29, 1.82) is 0 Å². The molecule has 0 bridgehead atoms. The quantitative estimate of drug-likeness (QED) is 0.439. The minimum atomic E-state index is 0. The van der Waals surface area contributed by atoms with Crippen LogP contribution in [0.3, 0.4) is 0 Å². The van der Waals surface area contributed by atoms with E-state index in [4.69, 9.17) is 0 Å². The van der Waals surface area contributed by atoms with Crippen molar-refractivity contribution in [1.82, 2.24) is 6.15 Å². The summed E-state index contributed by atoms with van der Waals surface area (Å²) >= 11 is 0. The van der Waals surface area contributed by atoms with Gasteiger partial charge in [0.1, 0.15) is 0 Å². The molecule has 0 fully saturated rings. The Morgan fingerprint density at radius 2 is 1.00 bits per heavy atom. The van der Waals surface area contributed by atoms with Gasteiger partial charge in [-0.1, -0.05) is 0 Å². The van der Waals surface area contributed by atoms with E-state index >= 15 is 0 Å². The van der Waals surface area contributed by atoms with Crippen LogP contribution < -0.4 is 6.15 Å². The standard InChI is InChI=1S/Al.B.Ga.In.H3N.9H/h;;;;1H3;;;;;;;;;. The molecule has 0 aliphatic rings. The van der Waals surface area contributed by atoms with E-state index in [-0.39, 0.29) is 77.6 Å². The van der Waals surface area contributed by atoms with Gasteiger partial charge < -0.3 is 6.15 Å². The molecule has 0 aromatic rings. The summed E-state index contributed by atoms with van der Waals surface area (Å²) in [7, 11) is 0. The average Bonchev–Trinajstić information content (AvgIpc) is 0. The average molecular weight is 248 g/mol. The fraction of sp³-hybridized carbons (Fsp3) is 0. The summed E-state index contributed by atoms with van der Waals surface area (Å²) in [4.78, 5) is 0. The second-order valence-electron chi connectivity index (χ2n) is 0. The van der Waals surface area contributed by atoms with Gasteiger partial charge in [0, 0.05) is 8.41 Å². The van der Waals surface area contributed by atoms with Crippen molar-refractivity contribution in [3.63, 3.8) is 0 Å². The predicted octanol–water partition coefficient (Wildman–Crippen LogP) is -3.77. The summed E-state index contributed by atoms with van der Waals surface area (Å²) in [6.07, 6.45) is 0. The Bertz CT molecular complexity index is 11.6. The first kappa shape index (κ1) is 61.0. The van der Waals surface area contributed by atoms with Gasteiger partial charge in [-0.2, -0.15) is 0 Å². The van der Waals surface area contributed by atoms with Crippen molar-refractivity contribution in [2.24, 2.45) is 0 Å². The van der Waals surface area contributed by atoms with Crippen molar-refractivity contribution in [2.75, 3.05) is 0 Å². The monoisotopic (exact) mass is 248 g/mol. The van der Waals surface area contributed by atoms with Crippen LogP contribution in [-0.4, -0.2) is 71.4 Å². The molecule has 0 aromatic carbocycles. The third-order valence-electron chi connectivity index (χ3n) is 0. The third-order valence-corrected chi connectivity index (χ3v) is 0. The van der Waals surface area contributed by atoms with E-state index in [0.717, 1.165) is 0 Å². The van der Waals surface area contributed by atoms with Crippen molar-refractivity contribution in [3.05, 3.63) is 0 Å². The molecule has 0 saturated heterocycles. The maximum absolute atomic E-state index is 0. The van der Waals surface area contributed by atoms with E-state index < -0.39 is 0 Å². The van der Waals surface area contributed by atoms with Crippen LogP contribution in [0.15, 0.2) is 0 Å². The van der Waals surface area contributed by atoms with Gasteiger partial charge in [-0.05, 0) is 0 Å². The second kappa shape index (κ2) is 36.5. The molecule has 5 heavy (non-hydrogen) atoms. The molecule has 0 aromatic heterocycles. The van der Waals surface area contributed by atoms with E-state index in [1.54, 1.807) is 0 Å². The maximum atomic E-state index is 0. The molecule has 0 aliphatic heterocycles. The van der Waals surface area contributed by atoms with Crippen LogP contribution in [0.4, 0.5) is 0 Å². The van der Waals surface area contributed by atoms with Crippen LogP contribution in [-0.2, 0) is 0 Å². The van der Waals surface area contributed by atoms with Gasteiger partial charge in [-0.25, -0.2) is 0 Å². The SMILES string of the molecule is N.[AlH3].[B].[GaH3].[InH3]. The first-order chi connectivity index (χ1) is 0. The Labute approximate surface area is 76.8 Å². The fourth-order valence-electron chi connectivity index (χ4n) is 0. The van der Waals surface area contributed by atoms with Crippen molar-refractivity contribution in [3.8, 4) is 0 Å². The Morgan fingerprint density at radius 3 is 1.00 bits per heavy atom. The predicted molar refractivity (Wildman–Crippen MR) is 40.6 cm³/mol. The first-order valence-electron chi connectivity index (χ1n) is 0. The molecule has 1 nitrogen and oxygen atoms in total. The Balaban J connectivity index is 0. The number of hydrogen-bond acceptors (Lipinski definition) is 1. The normalized spacial score (nSPS) is 0. The Morgan fingerprint density at radius 1 is 1.00 bits per heavy atom. The van der Waals surface area contributed by atoms with Gasteiger partial charge in [0.15, 0.2) is 17.4 Å². The van der Waals surface area contributed by atoms with Crippen LogP contribution in [0, 0.1) is 0 Å². The molecule has 0 saturated carbocycles. The van der Waals surface area contributed by atoms with Crippen molar-refractivity contribution < 1.29 is 0 Å². The molecule has 0 heterocycles. The molecule has 0 unspecified atom stereocenters. The fourth-order valence-corrected chi connectivity index (χ4v) is 0. The summed E-state index contributed by atoms with van der Waals surface area (Å²) in [5, 5.41) is 0. The summed E-state index contributed by atoms with van der Waals surface area (Å²) < 4.78 is 0. The summed E-state index contributed by atoms with van der Waals surface area (Å²) in [6.45, 7) is 0. The zero-order chi connectivity index (χ0) is 0. The first-order valence-corrected chi connectivity index (χ1v) is 0. The van der Waals surface area contributed by atoms with Crippen LogP contribution >= 0.6 is 0 Å². The molecule has 0 rings (SSSR count). The van der Waals surface area contributed by atoms with Crippen LogP contribution in [0.5, 0.6) is 0 Å². The molecule has 0 atom stereocenters. The zero-order valence-corrected chi connectivity index (χ0v) is 1.28. The summed E-state index contributed by atoms with van der Waals surface area (Å²) in [5.74, 6) is 0. The van der Waals surface area contributed by atoms with E-state index in [1.807, 2.05) is 0 Å². The van der Waals surface area contributed by atoms with Crippen LogP contribution in [0.2, 0.25) is 0 Å². The molecule has 5 heteroatoms. The van der Waals surface area contributed by atoms with E-state index in [0.29, 0.717) is 0 Å². The van der Waals surface area contributed by atoms with Gasteiger partial charge in [-0.3, -0.25) is 0 Å². The topological polar surface area (TPSA) is 35.0 Å². The van der Waals surface area contributed by atoms with Gasteiger partial charge in [-0.15, -0.1) is 0 Å². The van der Waals surface area contributed by atoms with E-state index in [1.165, 1.54) is 0 Å². The Kier molecular flexibility index (Phi) is 445. The zero-order valence-electron chi connectivity index (χ0n) is 1.28. The second-order valence-corrected chi connectivity index (χ2v) is 0. The molecule has 0 amide bonds. The van der Waals surface area contributed by atoms with Gasteiger partial charge >= 0.3 is 45.6 Å². The summed E-state index contributed by atoms with van der Waals surface area (Å²) in [5.41, 5.74) is 0. The van der Waals surface area contributed by atoms with Crippen molar-refractivity contribution >= 4 is 71.4 Å². The van der Waals surface area contributed by atoms with Gasteiger partial charge in [0.2, 0.25) is 0 Å². The molecule has 3 radical (unpaired) electrons. The molecular weight excluding hydrogens is 236 g/mol. The van der Waals surface area contributed by atoms with Gasteiger partial charge in [0.25, 0.3) is 0 Å². The van der Waals surface area contributed by atoms with Crippen LogP contribution in [0.25, 0.3) is 0 Å². The molecule has 3 N–H and O–H groups in total. The molecular formula is H12AlBGaInN. The molecule has 0 aliphatic carbocycles. The minimum absolute atomic E-state index is 0. The van der Waals surface area contributed by atoms with Crippen molar-refractivity contribution in [2.45, 2.75) is 0 Å². The van der Waals surface area contributed by atoms with Crippen LogP contribution in [0.1, 0.15) is 0 Å². The molecule has 29 valence electrons. The third kappa shape index (κ3) is 23.5. The van der Waals surface area contributed by atoms with E-state index in [2.05, 4.69) is 0 Å². The number of rotatable bonds is 0. The summed E-state index contributed by atoms with van der Waals surface area (Å²) in [6, 6.07) is 0. The number of hydrogen-bond donors (Lipinski definition) is 1. The van der Waals surface area contributed by atoms with E-state index in [9.17, 15) is 0 Å². The van der Waals surface area contributed by atoms with Gasteiger partial charge in [0.05, 0.1) is 0 Å². The Hall–Kier alpha value is 2.06.